The minimum Gasteiger partial charge on any atom is -0.484 e. The molecule has 0 bridgehead atoms. The molecule has 1 N–H and O–H groups in total. The molecule has 20 heavy (non-hydrogen) atoms. The highest BCUT2D eigenvalue weighted by atomic mass is 19.1. The average Bonchev–Trinajstić information content (AvgIpc) is 2.43. The summed E-state index contributed by atoms with van der Waals surface area (Å²) in [5.74, 6) is -1.45. The lowest BCUT2D eigenvalue weighted by molar-refractivity contribution is 0.0442. The second kappa shape index (κ2) is 6.01. The number of halogens is 2. The van der Waals surface area contributed by atoms with E-state index in [1.54, 1.807) is 19.1 Å². The molecule has 0 saturated carbocycles. The molecule has 2 unspecified atom stereocenters. The maximum atomic E-state index is 13.5. The van der Waals surface area contributed by atoms with Crippen LogP contribution in [0.15, 0.2) is 42.5 Å². The molecule has 4 heteroatoms. The van der Waals surface area contributed by atoms with Crippen molar-refractivity contribution in [1.29, 1.82) is 0 Å². The molecule has 0 aliphatic rings. The van der Waals surface area contributed by atoms with E-state index in [9.17, 15) is 13.9 Å². The van der Waals surface area contributed by atoms with Gasteiger partial charge in [-0.3, -0.25) is 0 Å². The van der Waals surface area contributed by atoms with Gasteiger partial charge in [-0.1, -0.05) is 29.8 Å². The van der Waals surface area contributed by atoms with Crippen LogP contribution in [0.5, 0.6) is 5.75 Å². The maximum Gasteiger partial charge on any atom is 0.165 e. The minimum absolute atomic E-state index is 0.205. The Bertz CT molecular complexity index is 582. The summed E-state index contributed by atoms with van der Waals surface area (Å²) in [6.45, 7) is 3.55. The molecule has 0 radical (unpaired) electrons. The van der Waals surface area contributed by atoms with Gasteiger partial charge in [-0.2, -0.15) is 0 Å². The minimum atomic E-state index is -0.918. The zero-order chi connectivity index (χ0) is 14.7. The smallest absolute Gasteiger partial charge is 0.165 e. The van der Waals surface area contributed by atoms with Crippen molar-refractivity contribution in [2.45, 2.75) is 26.1 Å². The Morgan fingerprint density at radius 1 is 1.05 bits per heavy atom. The third kappa shape index (κ3) is 3.33. The van der Waals surface area contributed by atoms with E-state index in [2.05, 4.69) is 0 Å². The van der Waals surface area contributed by atoms with Crippen LogP contribution in [0.3, 0.4) is 0 Å². The van der Waals surface area contributed by atoms with Crippen LogP contribution < -0.4 is 4.74 Å². The van der Waals surface area contributed by atoms with E-state index in [0.717, 1.165) is 23.8 Å². The molecule has 0 spiro atoms. The van der Waals surface area contributed by atoms with Crippen LogP contribution in [0.25, 0.3) is 0 Å². The number of aliphatic hydroxyl groups excluding tert-OH is 1. The molecule has 2 aromatic rings. The van der Waals surface area contributed by atoms with Crippen molar-refractivity contribution in [2.24, 2.45) is 0 Å². The monoisotopic (exact) mass is 278 g/mol. The number of ether oxygens (including phenoxy) is 1. The van der Waals surface area contributed by atoms with Gasteiger partial charge in [0.05, 0.1) is 0 Å². The first kappa shape index (κ1) is 14.5. The Hall–Kier alpha value is -1.94. The van der Waals surface area contributed by atoms with Crippen LogP contribution in [-0.4, -0.2) is 11.2 Å². The van der Waals surface area contributed by atoms with E-state index in [4.69, 9.17) is 4.74 Å². The Balaban J connectivity index is 2.13. The Kier molecular flexibility index (Phi) is 4.35. The van der Waals surface area contributed by atoms with Crippen molar-refractivity contribution in [3.63, 3.8) is 0 Å². The summed E-state index contributed by atoms with van der Waals surface area (Å²) < 4.78 is 31.8. The number of hydrogen-bond acceptors (Lipinski definition) is 2. The van der Waals surface area contributed by atoms with Gasteiger partial charge in [0.2, 0.25) is 0 Å². The first-order valence-electron chi connectivity index (χ1n) is 6.33. The SMILES string of the molecule is Cc1ccc(C(O)C(C)Oc2cc(F)ccc2F)cc1. The van der Waals surface area contributed by atoms with Crippen molar-refractivity contribution >= 4 is 0 Å². The van der Waals surface area contributed by atoms with Gasteiger partial charge in [-0.15, -0.1) is 0 Å². The summed E-state index contributed by atoms with van der Waals surface area (Å²) in [6.07, 6.45) is -1.62. The Morgan fingerprint density at radius 2 is 1.70 bits per heavy atom. The lowest BCUT2D eigenvalue weighted by atomic mass is 10.0. The molecule has 2 atom stereocenters. The van der Waals surface area contributed by atoms with Crippen LogP contribution in [0.4, 0.5) is 8.78 Å². The molecule has 2 nitrogen and oxygen atoms in total. The number of benzene rings is 2. The van der Waals surface area contributed by atoms with Gasteiger partial charge in [0.25, 0.3) is 0 Å². The van der Waals surface area contributed by atoms with Crippen molar-refractivity contribution in [3.8, 4) is 5.75 Å². The van der Waals surface area contributed by atoms with Gasteiger partial charge in [0.1, 0.15) is 18.0 Å². The fourth-order valence-corrected chi connectivity index (χ4v) is 1.87. The molecule has 0 aliphatic heterocycles. The third-order valence-corrected chi connectivity index (χ3v) is 3.07. The Morgan fingerprint density at radius 3 is 2.35 bits per heavy atom. The molecular weight excluding hydrogens is 262 g/mol. The fraction of sp³-hybridized carbons (Fsp3) is 0.250. The number of aliphatic hydroxyl groups is 1. The van der Waals surface area contributed by atoms with Gasteiger partial charge in [-0.25, -0.2) is 8.78 Å². The Labute approximate surface area is 116 Å². The normalized spacial score (nSPS) is 13.8. The second-order valence-electron chi connectivity index (χ2n) is 4.75. The lowest BCUT2D eigenvalue weighted by Gasteiger charge is -2.21. The van der Waals surface area contributed by atoms with E-state index in [1.165, 1.54) is 0 Å². The number of aryl methyl sites for hydroxylation is 1. The highest BCUT2D eigenvalue weighted by molar-refractivity contribution is 5.27. The molecule has 0 amide bonds. The number of rotatable bonds is 4. The molecule has 2 rings (SSSR count). The highest BCUT2D eigenvalue weighted by Crippen LogP contribution is 2.25. The van der Waals surface area contributed by atoms with E-state index >= 15 is 0 Å². The van der Waals surface area contributed by atoms with Crippen molar-refractivity contribution in [1.82, 2.24) is 0 Å². The predicted molar refractivity (Wildman–Crippen MR) is 72.6 cm³/mol. The first-order valence-corrected chi connectivity index (χ1v) is 6.33. The van der Waals surface area contributed by atoms with Crippen LogP contribution in [0.1, 0.15) is 24.2 Å². The van der Waals surface area contributed by atoms with Gasteiger partial charge in [0.15, 0.2) is 11.6 Å². The first-order chi connectivity index (χ1) is 9.47. The zero-order valence-corrected chi connectivity index (χ0v) is 11.3. The van der Waals surface area contributed by atoms with Crippen LogP contribution in [0, 0.1) is 18.6 Å². The predicted octanol–water partition coefficient (Wildman–Crippen LogP) is 3.77. The molecule has 106 valence electrons. The van der Waals surface area contributed by atoms with E-state index < -0.39 is 23.8 Å². The lowest BCUT2D eigenvalue weighted by Crippen LogP contribution is -2.22. The molecule has 0 saturated heterocycles. The summed E-state index contributed by atoms with van der Waals surface area (Å²) in [4.78, 5) is 0. The van der Waals surface area contributed by atoms with E-state index in [-0.39, 0.29) is 5.75 Å². The van der Waals surface area contributed by atoms with Gasteiger partial charge in [-0.05, 0) is 31.5 Å². The summed E-state index contributed by atoms with van der Waals surface area (Å²) in [5, 5.41) is 10.2. The highest BCUT2D eigenvalue weighted by Gasteiger charge is 2.19. The van der Waals surface area contributed by atoms with E-state index in [1.807, 2.05) is 19.1 Å². The van der Waals surface area contributed by atoms with Crippen LogP contribution >= 0.6 is 0 Å². The average molecular weight is 278 g/mol. The van der Waals surface area contributed by atoms with Crippen molar-refractivity contribution in [2.75, 3.05) is 0 Å². The second-order valence-corrected chi connectivity index (χ2v) is 4.75. The summed E-state index contributed by atoms with van der Waals surface area (Å²) in [7, 11) is 0. The third-order valence-electron chi connectivity index (χ3n) is 3.07. The fourth-order valence-electron chi connectivity index (χ4n) is 1.87. The van der Waals surface area contributed by atoms with Crippen LogP contribution in [0.2, 0.25) is 0 Å². The molecule has 0 aliphatic carbocycles. The molecule has 0 heterocycles. The number of hydrogen-bond donors (Lipinski definition) is 1. The van der Waals surface area contributed by atoms with Gasteiger partial charge < -0.3 is 9.84 Å². The summed E-state index contributed by atoms with van der Waals surface area (Å²) >= 11 is 0. The largest absolute Gasteiger partial charge is 0.484 e. The van der Waals surface area contributed by atoms with Gasteiger partial charge >= 0.3 is 0 Å². The molecule has 0 aromatic heterocycles. The standard InChI is InChI=1S/C16H16F2O2/c1-10-3-5-12(6-4-10)16(19)11(2)20-15-9-13(17)7-8-14(15)18/h3-9,11,16,19H,1-2H3. The molecular formula is C16H16F2O2. The molecule has 2 aromatic carbocycles. The van der Waals surface area contributed by atoms with Crippen molar-refractivity contribution < 1.29 is 18.6 Å². The topological polar surface area (TPSA) is 29.5 Å². The van der Waals surface area contributed by atoms with Crippen LogP contribution in [-0.2, 0) is 0 Å². The zero-order valence-electron chi connectivity index (χ0n) is 11.3. The van der Waals surface area contributed by atoms with Gasteiger partial charge in [0, 0.05) is 6.07 Å². The quantitative estimate of drug-likeness (QED) is 0.922. The van der Waals surface area contributed by atoms with E-state index in [0.29, 0.717) is 5.56 Å². The maximum absolute atomic E-state index is 13.5. The summed E-state index contributed by atoms with van der Waals surface area (Å²) in [5.41, 5.74) is 1.74. The summed E-state index contributed by atoms with van der Waals surface area (Å²) in [6, 6.07) is 10.3. The molecule has 0 fully saturated rings. The van der Waals surface area contributed by atoms with Crippen molar-refractivity contribution in [3.05, 3.63) is 65.2 Å².